The van der Waals surface area contributed by atoms with Crippen molar-refractivity contribution in [3.8, 4) is 44.5 Å². The third-order valence-electron chi connectivity index (χ3n) is 10.4. The molecule has 0 saturated carbocycles. The molecule has 10 rings (SSSR count). The number of hydrogen-bond donors (Lipinski definition) is 0. The van der Waals surface area contributed by atoms with Crippen LogP contribution in [0, 0.1) is 0 Å². The van der Waals surface area contributed by atoms with Crippen molar-refractivity contribution in [1.82, 2.24) is 0 Å². The predicted octanol–water partition coefficient (Wildman–Crippen LogP) is 16.5. The Hall–Kier alpha value is -7.02. The highest BCUT2D eigenvalue weighted by molar-refractivity contribution is 6.21. The van der Waals surface area contributed by atoms with Gasteiger partial charge in [0.25, 0.3) is 0 Å². The van der Waals surface area contributed by atoms with Gasteiger partial charge in [-0.15, -0.1) is 13.2 Å². The van der Waals surface area contributed by atoms with E-state index in [1.54, 1.807) is 12.2 Å². The second-order valence-electron chi connectivity index (χ2n) is 14.1. The predicted molar refractivity (Wildman–Crippen MR) is 247 cm³/mol. The monoisotopic (exact) mass is 716 g/mol. The van der Waals surface area contributed by atoms with E-state index in [2.05, 4.69) is 207 Å². The SMILES string of the molecule is C=CC.C=CC.c1cc(-c2ccc3cc(-c4ccc5ccccc5c4)ccc3c2)cc(-c2c3ccccc3c(-c3ccc4ccccc4c3)c3ccccc23)c1. The summed E-state index contributed by atoms with van der Waals surface area (Å²) in [6.07, 6.45) is 3.50. The fraction of sp³-hybridized carbons (Fsp3) is 0.0357. The molecule has 0 bridgehead atoms. The minimum absolute atomic E-state index is 1.22. The molecule has 268 valence electrons. The lowest BCUT2D eigenvalue weighted by atomic mass is 9.85. The van der Waals surface area contributed by atoms with Crippen molar-refractivity contribution < 1.29 is 0 Å². The maximum absolute atomic E-state index is 3.36. The Kier molecular flexibility index (Phi) is 10.4. The summed E-state index contributed by atoms with van der Waals surface area (Å²) in [7, 11) is 0. The van der Waals surface area contributed by atoms with E-state index in [9.17, 15) is 0 Å². The van der Waals surface area contributed by atoms with Gasteiger partial charge in [0, 0.05) is 0 Å². The minimum Gasteiger partial charge on any atom is -0.103 e. The molecule has 0 aromatic heterocycles. The number of benzene rings is 10. The second kappa shape index (κ2) is 16.1. The van der Waals surface area contributed by atoms with Gasteiger partial charge in [-0.05, 0) is 143 Å². The quantitative estimate of drug-likeness (QED) is 0.126. The van der Waals surface area contributed by atoms with Crippen molar-refractivity contribution in [2.75, 3.05) is 0 Å². The summed E-state index contributed by atoms with van der Waals surface area (Å²) in [6.45, 7) is 10.5. The van der Waals surface area contributed by atoms with E-state index in [0.29, 0.717) is 0 Å². The Labute approximate surface area is 330 Å². The van der Waals surface area contributed by atoms with Gasteiger partial charge >= 0.3 is 0 Å². The molecule has 0 amide bonds. The Bertz CT molecular complexity index is 2970. The Morgan fingerprint density at radius 2 is 0.536 bits per heavy atom. The molecular weight excluding hydrogens is 673 g/mol. The van der Waals surface area contributed by atoms with Crippen LogP contribution in [0.5, 0.6) is 0 Å². The van der Waals surface area contributed by atoms with Crippen LogP contribution in [0.25, 0.3) is 98.4 Å². The van der Waals surface area contributed by atoms with Crippen LogP contribution in [0.3, 0.4) is 0 Å². The van der Waals surface area contributed by atoms with Crippen molar-refractivity contribution in [3.63, 3.8) is 0 Å². The highest BCUT2D eigenvalue weighted by Crippen LogP contribution is 2.44. The fourth-order valence-corrected chi connectivity index (χ4v) is 7.92. The smallest absolute Gasteiger partial charge is 0.00262 e. The molecule has 0 unspecified atom stereocenters. The van der Waals surface area contributed by atoms with Crippen molar-refractivity contribution in [2.24, 2.45) is 0 Å². The lowest BCUT2D eigenvalue weighted by Crippen LogP contribution is -1.91. The average Bonchev–Trinajstić information content (AvgIpc) is 3.25. The summed E-state index contributed by atoms with van der Waals surface area (Å²) in [5.74, 6) is 0. The summed E-state index contributed by atoms with van der Waals surface area (Å²) in [5, 5.41) is 12.6. The topological polar surface area (TPSA) is 0 Å². The fourth-order valence-electron chi connectivity index (χ4n) is 7.92. The summed E-state index contributed by atoms with van der Waals surface area (Å²) < 4.78 is 0. The first-order valence-electron chi connectivity index (χ1n) is 19.3. The number of rotatable bonds is 4. The molecule has 0 radical (unpaired) electrons. The van der Waals surface area contributed by atoms with Crippen molar-refractivity contribution >= 4 is 53.9 Å². The molecule has 10 aromatic rings. The van der Waals surface area contributed by atoms with Gasteiger partial charge in [-0.1, -0.05) is 176 Å². The van der Waals surface area contributed by atoms with Crippen LogP contribution in [0.15, 0.2) is 219 Å². The molecule has 10 aromatic carbocycles. The van der Waals surface area contributed by atoms with Gasteiger partial charge in [-0.3, -0.25) is 0 Å². The van der Waals surface area contributed by atoms with Crippen LogP contribution >= 0.6 is 0 Å². The molecule has 0 aliphatic carbocycles. The van der Waals surface area contributed by atoms with E-state index in [-0.39, 0.29) is 0 Å². The summed E-state index contributed by atoms with van der Waals surface area (Å²) in [4.78, 5) is 0. The zero-order chi connectivity index (χ0) is 38.4. The van der Waals surface area contributed by atoms with E-state index in [4.69, 9.17) is 0 Å². The van der Waals surface area contributed by atoms with E-state index < -0.39 is 0 Å². The maximum Gasteiger partial charge on any atom is -0.00262 e. The van der Waals surface area contributed by atoms with Gasteiger partial charge in [0.15, 0.2) is 0 Å². The highest BCUT2D eigenvalue weighted by atomic mass is 14.2. The van der Waals surface area contributed by atoms with Crippen molar-refractivity contribution in [3.05, 3.63) is 219 Å². The molecule has 0 heteroatoms. The number of hydrogen-bond acceptors (Lipinski definition) is 0. The van der Waals surface area contributed by atoms with Crippen LogP contribution in [0.2, 0.25) is 0 Å². The third kappa shape index (κ3) is 7.02. The van der Waals surface area contributed by atoms with Crippen LogP contribution in [-0.4, -0.2) is 0 Å². The Morgan fingerprint density at radius 1 is 0.268 bits per heavy atom. The standard InChI is InChI=1S/C50H32.2C3H6/c1-3-12-35-28-39(22-20-33(35)10-1)41-26-25-40-29-38(23-24-42(40)30-41)37-14-9-15-43(32-37)49-45-16-5-7-18-47(45)50(48-19-8-6-17-46(48)49)44-27-21-34-11-2-4-13-36(34)31-44;2*1-3-2/h1-32H;2*3H,1H2,2H3. The van der Waals surface area contributed by atoms with Crippen LogP contribution in [0.4, 0.5) is 0 Å². The van der Waals surface area contributed by atoms with Crippen molar-refractivity contribution in [2.45, 2.75) is 13.8 Å². The van der Waals surface area contributed by atoms with Gasteiger partial charge in [-0.25, -0.2) is 0 Å². The molecular formula is C56H44. The summed E-state index contributed by atoms with van der Waals surface area (Å²) in [6, 6.07) is 71.4. The van der Waals surface area contributed by atoms with E-state index >= 15 is 0 Å². The largest absolute Gasteiger partial charge is 0.103 e. The van der Waals surface area contributed by atoms with E-state index in [0.717, 1.165) is 0 Å². The van der Waals surface area contributed by atoms with Gasteiger partial charge in [-0.2, -0.15) is 0 Å². The maximum atomic E-state index is 3.36. The first-order chi connectivity index (χ1) is 27.6. The third-order valence-corrected chi connectivity index (χ3v) is 10.4. The van der Waals surface area contributed by atoms with Gasteiger partial charge in [0.2, 0.25) is 0 Å². The Morgan fingerprint density at radius 3 is 0.964 bits per heavy atom. The molecule has 0 spiro atoms. The zero-order valence-corrected chi connectivity index (χ0v) is 32.0. The lowest BCUT2D eigenvalue weighted by molar-refractivity contribution is 1.62. The van der Waals surface area contributed by atoms with E-state index in [1.165, 1.54) is 98.4 Å². The van der Waals surface area contributed by atoms with Crippen LogP contribution in [-0.2, 0) is 0 Å². The van der Waals surface area contributed by atoms with Gasteiger partial charge in [0.1, 0.15) is 0 Å². The molecule has 56 heavy (non-hydrogen) atoms. The van der Waals surface area contributed by atoms with Gasteiger partial charge in [0.05, 0.1) is 0 Å². The molecule has 0 aliphatic heterocycles. The average molecular weight is 717 g/mol. The van der Waals surface area contributed by atoms with Gasteiger partial charge < -0.3 is 0 Å². The van der Waals surface area contributed by atoms with Crippen LogP contribution < -0.4 is 0 Å². The molecule has 0 nitrogen and oxygen atoms in total. The van der Waals surface area contributed by atoms with Crippen LogP contribution in [0.1, 0.15) is 13.8 Å². The summed E-state index contributed by atoms with van der Waals surface area (Å²) >= 11 is 0. The highest BCUT2D eigenvalue weighted by Gasteiger charge is 2.17. The number of allylic oxidation sites excluding steroid dienone is 2. The zero-order valence-electron chi connectivity index (χ0n) is 32.0. The van der Waals surface area contributed by atoms with Crippen molar-refractivity contribution in [1.29, 1.82) is 0 Å². The first kappa shape index (κ1) is 36.0. The minimum atomic E-state index is 1.22. The van der Waals surface area contributed by atoms with E-state index in [1.807, 2.05) is 13.8 Å². The summed E-state index contributed by atoms with van der Waals surface area (Å²) in [5.41, 5.74) is 9.97. The molecule has 0 saturated heterocycles. The molecule has 0 aliphatic rings. The normalized spacial score (nSPS) is 10.8. The first-order valence-corrected chi connectivity index (χ1v) is 19.3. The molecule has 0 heterocycles. The molecule has 0 N–H and O–H groups in total. The second-order valence-corrected chi connectivity index (χ2v) is 14.1. The Balaban J connectivity index is 0.000000694. The number of fused-ring (bicyclic) bond motifs is 5. The molecule has 0 atom stereocenters. The lowest BCUT2D eigenvalue weighted by Gasteiger charge is -2.18. The molecule has 0 fully saturated rings.